The van der Waals surface area contributed by atoms with Gasteiger partial charge in [-0.1, -0.05) is 11.6 Å². The first kappa shape index (κ1) is 13.9. The minimum atomic E-state index is -0.815. The maximum Gasteiger partial charge on any atom is 0.243 e. The maximum atomic E-state index is 12.4. The van der Waals surface area contributed by atoms with Gasteiger partial charge in [0.1, 0.15) is 11.2 Å². The summed E-state index contributed by atoms with van der Waals surface area (Å²) in [6.07, 6.45) is 2.25. The fraction of sp³-hybridized carbons (Fsp3) is 0.400. The lowest BCUT2D eigenvalue weighted by molar-refractivity contribution is -0.142. The van der Waals surface area contributed by atoms with Gasteiger partial charge in [0.2, 0.25) is 5.91 Å². The van der Waals surface area contributed by atoms with E-state index < -0.39 is 5.41 Å². The average molecular weight is 303 g/mol. The molecule has 21 heavy (non-hydrogen) atoms. The summed E-state index contributed by atoms with van der Waals surface area (Å²) in [5.41, 5.74) is 0.843. The third kappa shape index (κ3) is 2.36. The first-order valence-corrected chi connectivity index (χ1v) is 7.23. The van der Waals surface area contributed by atoms with Crippen LogP contribution in [0.25, 0.3) is 11.0 Å². The van der Waals surface area contributed by atoms with Crippen molar-refractivity contribution in [1.82, 2.24) is 14.9 Å². The Balaban J connectivity index is 1.78. The highest BCUT2D eigenvalue weighted by Crippen LogP contribution is 2.41. The molecule has 1 aliphatic carbocycles. The van der Waals surface area contributed by atoms with Crippen LogP contribution in [0.1, 0.15) is 25.1 Å². The second-order valence-corrected chi connectivity index (χ2v) is 5.99. The Bertz CT molecular complexity index is 742. The topological polar surface area (TPSA) is 72.8 Å². The number of amides is 1. The summed E-state index contributed by atoms with van der Waals surface area (Å²) < 4.78 is 0. The number of rotatable bonds is 3. The molecule has 0 radical (unpaired) electrons. The molecule has 6 heteroatoms. The van der Waals surface area contributed by atoms with Crippen molar-refractivity contribution in [2.75, 3.05) is 7.05 Å². The molecule has 0 aliphatic heterocycles. The van der Waals surface area contributed by atoms with Gasteiger partial charge in [-0.25, -0.2) is 4.98 Å². The van der Waals surface area contributed by atoms with Crippen molar-refractivity contribution in [3.63, 3.8) is 0 Å². The maximum absolute atomic E-state index is 12.4. The van der Waals surface area contributed by atoms with Crippen LogP contribution in [0.3, 0.4) is 0 Å². The third-order valence-electron chi connectivity index (χ3n) is 4.06. The van der Waals surface area contributed by atoms with Crippen LogP contribution < -0.4 is 0 Å². The van der Waals surface area contributed by atoms with Crippen LogP contribution in [0, 0.1) is 16.7 Å². The zero-order valence-electron chi connectivity index (χ0n) is 11.7. The zero-order chi connectivity index (χ0) is 15.0. The lowest BCUT2D eigenvalue weighted by Crippen LogP contribution is -2.45. The van der Waals surface area contributed by atoms with Crippen LogP contribution in [0.4, 0.5) is 0 Å². The number of aromatic nitrogens is 2. The van der Waals surface area contributed by atoms with Crippen molar-refractivity contribution in [2.45, 2.75) is 25.8 Å². The number of carbonyl (C=O) groups is 1. The zero-order valence-corrected chi connectivity index (χ0v) is 12.4. The summed E-state index contributed by atoms with van der Waals surface area (Å²) in [6, 6.07) is 7.60. The van der Waals surface area contributed by atoms with Crippen LogP contribution in [-0.4, -0.2) is 27.8 Å². The van der Waals surface area contributed by atoms with Crippen molar-refractivity contribution < 1.29 is 4.79 Å². The highest BCUT2D eigenvalue weighted by atomic mass is 35.5. The molecule has 1 N–H and O–H groups in total. The molecule has 1 heterocycles. The van der Waals surface area contributed by atoms with Crippen molar-refractivity contribution in [3.8, 4) is 6.07 Å². The first-order chi connectivity index (χ1) is 10.0. The number of nitriles is 1. The normalized spacial score (nSPS) is 16.2. The van der Waals surface area contributed by atoms with Crippen molar-refractivity contribution in [1.29, 1.82) is 5.26 Å². The largest absolute Gasteiger partial charge is 0.340 e. The number of fused-ring (bicyclic) bond motifs is 1. The van der Waals surface area contributed by atoms with Gasteiger partial charge in [0.15, 0.2) is 0 Å². The molecule has 108 valence electrons. The molecule has 3 rings (SSSR count). The minimum Gasteiger partial charge on any atom is -0.340 e. The van der Waals surface area contributed by atoms with Crippen LogP contribution in [0.2, 0.25) is 5.02 Å². The molecule has 1 aromatic heterocycles. The van der Waals surface area contributed by atoms with Gasteiger partial charge in [0, 0.05) is 12.1 Å². The van der Waals surface area contributed by atoms with Crippen molar-refractivity contribution in [2.24, 2.45) is 5.41 Å². The standard InChI is InChI=1S/C15H15ClN4O/c1-20(14(21)15(9-17)5-2-6-15)8-13-18-11-4-3-10(16)7-12(11)19-13/h3-4,7H,2,5-6,8H2,1H3,(H,18,19). The summed E-state index contributed by atoms with van der Waals surface area (Å²) in [6.45, 7) is 0.356. The van der Waals surface area contributed by atoms with E-state index in [2.05, 4.69) is 16.0 Å². The van der Waals surface area contributed by atoms with E-state index in [1.165, 1.54) is 0 Å². The molecule has 0 bridgehead atoms. The van der Waals surface area contributed by atoms with E-state index in [1.807, 2.05) is 6.07 Å². The van der Waals surface area contributed by atoms with E-state index >= 15 is 0 Å². The molecule has 2 aromatic rings. The minimum absolute atomic E-state index is 0.116. The Kier molecular flexibility index (Phi) is 3.34. The predicted molar refractivity (Wildman–Crippen MR) is 79.5 cm³/mol. The summed E-state index contributed by atoms with van der Waals surface area (Å²) in [5, 5.41) is 9.87. The molecule has 1 aromatic carbocycles. The number of aromatic amines is 1. The van der Waals surface area contributed by atoms with Crippen molar-refractivity contribution in [3.05, 3.63) is 29.0 Å². The molecular weight excluding hydrogens is 288 g/mol. The highest BCUT2D eigenvalue weighted by Gasteiger charge is 2.46. The molecule has 0 spiro atoms. The Labute approximate surface area is 127 Å². The number of hydrogen-bond donors (Lipinski definition) is 1. The second kappa shape index (κ2) is 5.05. The van der Waals surface area contributed by atoms with Crippen LogP contribution >= 0.6 is 11.6 Å². The van der Waals surface area contributed by atoms with Gasteiger partial charge in [-0.05, 0) is 37.5 Å². The summed E-state index contributed by atoms with van der Waals surface area (Å²) in [7, 11) is 1.71. The van der Waals surface area contributed by atoms with E-state index in [4.69, 9.17) is 11.6 Å². The average Bonchev–Trinajstić information content (AvgIpc) is 2.79. The summed E-state index contributed by atoms with van der Waals surface area (Å²) in [5.74, 6) is 0.574. The second-order valence-electron chi connectivity index (χ2n) is 5.55. The Hall–Kier alpha value is -2.06. The molecule has 0 unspecified atom stereocenters. The van der Waals surface area contributed by atoms with E-state index in [-0.39, 0.29) is 5.91 Å². The molecule has 1 amide bonds. The molecule has 0 saturated heterocycles. The SMILES string of the molecule is CN(Cc1nc2ccc(Cl)cc2[nH]1)C(=O)C1(C#N)CCC1. The number of nitrogens with one attached hydrogen (secondary N) is 1. The highest BCUT2D eigenvalue weighted by molar-refractivity contribution is 6.31. The number of benzene rings is 1. The third-order valence-corrected chi connectivity index (χ3v) is 4.29. The fourth-order valence-corrected chi connectivity index (χ4v) is 2.85. The van der Waals surface area contributed by atoms with E-state index in [1.54, 1.807) is 24.1 Å². The Morgan fingerprint density at radius 3 is 2.95 bits per heavy atom. The molecule has 1 fully saturated rings. The van der Waals surface area contributed by atoms with E-state index in [9.17, 15) is 10.1 Å². The van der Waals surface area contributed by atoms with Gasteiger partial charge < -0.3 is 9.88 Å². The number of carbonyl (C=O) groups excluding carboxylic acids is 1. The number of hydrogen-bond acceptors (Lipinski definition) is 3. The first-order valence-electron chi connectivity index (χ1n) is 6.85. The molecular formula is C15H15ClN4O. The van der Waals surface area contributed by atoms with Gasteiger partial charge >= 0.3 is 0 Å². The molecule has 1 saturated carbocycles. The summed E-state index contributed by atoms with van der Waals surface area (Å²) in [4.78, 5) is 21.6. The predicted octanol–water partition coefficient (Wildman–Crippen LogP) is 2.87. The number of halogens is 1. The summed E-state index contributed by atoms with van der Waals surface area (Å²) >= 11 is 5.94. The van der Waals surface area contributed by atoms with Gasteiger partial charge in [0.05, 0.1) is 23.6 Å². The van der Waals surface area contributed by atoms with Crippen LogP contribution in [0.15, 0.2) is 18.2 Å². The van der Waals surface area contributed by atoms with Crippen LogP contribution in [-0.2, 0) is 11.3 Å². The van der Waals surface area contributed by atoms with Crippen LogP contribution in [0.5, 0.6) is 0 Å². The monoisotopic (exact) mass is 302 g/mol. The smallest absolute Gasteiger partial charge is 0.243 e. The lowest BCUT2D eigenvalue weighted by atomic mass is 9.69. The van der Waals surface area contributed by atoms with Gasteiger partial charge in [-0.15, -0.1) is 0 Å². The Morgan fingerprint density at radius 2 is 2.33 bits per heavy atom. The quantitative estimate of drug-likeness (QED) is 0.947. The molecule has 0 atom stereocenters. The van der Waals surface area contributed by atoms with E-state index in [0.29, 0.717) is 30.2 Å². The number of nitrogens with zero attached hydrogens (tertiary/aromatic N) is 3. The van der Waals surface area contributed by atoms with E-state index in [0.717, 1.165) is 17.5 Å². The van der Waals surface area contributed by atoms with Crippen molar-refractivity contribution >= 4 is 28.5 Å². The van der Waals surface area contributed by atoms with Gasteiger partial charge in [-0.2, -0.15) is 5.26 Å². The number of imidazole rings is 1. The lowest BCUT2D eigenvalue weighted by Gasteiger charge is -2.36. The molecule has 5 nitrogen and oxygen atoms in total. The van der Waals surface area contributed by atoms with Gasteiger partial charge in [0.25, 0.3) is 0 Å². The molecule has 1 aliphatic rings. The Morgan fingerprint density at radius 1 is 1.57 bits per heavy atom. The van der Waals surface area contributed by atoms with Gasteiger partial charge in [-0.3, -0.25) is 4.79 Å². The number of H-pyrrole nitrogens is 1. The fourth-order valence-electron chi connectivity index (χ4n) is 2.68.